The van der Waals surface area contributed by atoms with E-state index in [4.69, 9.17) is 0 Å². The molecule has 7 nitrogen and oxygen atoms in total. The van der Waals surface area contributed by atoms with Gasteiger partial charge in [-0.1, -0.05) is 103 Å². The molecule has 1 heterocycles. The number of nitrogens with zero attached hydrogens (tertiary/aromatic N) is 3. The van der Waals surface area contributed by atoms with Gasteiger partial charge in [-0.25, -0.2) is 4.98 Å². The van der Waals surface area contributed by atoms with Crippen LogP contribution >= 0.6 is 0 Å². The molecule has 1 aromatic heterocycles. The first-order chi connectivity index (χ1) is 19.7. The lowest BCUT2D eigenvalue weighted by molar-refractivity contribution is 0.105. The van der Waals surface area contributed by atoms with Crippen LogP contribution in [0.15, 0.2) is 125 Å². The maximum atomic E-state index is 13.3. The molecule has 2 aliphatic carbocycles. The summed E-state index contributed by atoms with van der Waals surface area (Å²) >= 11 is 0. The second-order valence-electron chi connectivity index (χ2n) is 9.39. The van der Waals surface area contributed by atoms with Crippen molar-refractivity contribution in [3.8, 4) is 22.3 Å². The summed E-state index contributed by atoms with van der Waals surface area (Å²) in [6.45, 7) is 0. The Kier molecular flexibility index (Phi) is 5.60. The summed E-state index contributed by atoms with van der Waals surface area (Å²) in [4.78, 5) is 31.2. The van der Waals surface area contributed by atoms with E-state index < -0.39 is 0 Å². The number of carbonyl (C=O) groups excluding carboxylic acids is 2. The lowest BCUT2D eigenvalue weighted by Gasteiger charge is -2.20. The minimum atomic E-state index is -0.155. The van der Waals surface area contributed by atoms with Crippen molar-refractivity contribution in [3.05, 3.63) is 138 Å². The van der Waals surface area contributed by atoms with E-state index in [1.54, 1.807) is 18.2 Å². The number of fused-ring (bicyclic) bond motifs is 6. The fourth-order valence-corrected chi connectivity index (χ4v) is 5.19. The summed E-state index contributed by atoms with van der Waals surface area (Å²) in [5.74, 6) is 0.527. The number of hydrogen-bond donors (Lipinski definition) is 2. The summed E-state index contributed by atoms with van der Waals surface area (Å²) in [5, 5.41) is 8.94. The number of nitrogens with one attached hydrogen (secondary N) is 2. The van der Waals surface area contributed by atoms with Crippen LogP contribution in [0.5, 0.6) is 0 Å². The summed E-state index contributed by atoms with van der Waals surface area (Å²) in [5.41, 5.74) is 12.9. The van der Waals surface area contributed by atoms with E-state index in [2.05, 4.69) is 26.0 Å². The molecule has 0 aliphatic heterocycles. The van der Waals surface area contributed by atoms with E-state index in [1.807, 2.05) is 97.1 Å². The third kappa shape index (κ3) is 3.88. The number of hydrazone groups is 2. The van der Waals surface area contributed by atoms with Gasteiger partial charge in [-0.05, 0) is 34.4 Å². The SMILES string of the molecule is O=C1C(=NNc2cccc(NN=C3C(=O)c4ccccc4-c4ccccc43)n2)c2ccccc2-c2ccccc21. The molecule has 0 fully saturated rings. The van der Waals surface area contributed by atoms with E-state index in [9.17, 15) is 9.59 Å². The van der Waals surface area contributed by atoms with Gasteiger partial charge in [0.25, 0.3) is 0 Å². The molecule has 0 unspecified atom stereocenters. The highest BCUT2D eigenvalue weighted by molar-refractivity contribution is 6.55. The average Bonchev–Trinajstić information content (AvgIpc) is 3.01. The number of carbonyl (C=O) groups is 2. The zero-order valence-corrected chi connectivity index (χ0v) is 21.1. The second-order valence-corrected chi connectivity index (χ2v) is 9.39. The topological polar surface area (TPSA) is 95.8 Å². The Morgan fingerprint density at radius 1 is 0.400 bits per heavy atom. The van der Waals surface area contributed by atoms with E-state index in [0.29, 0.717) is 34.2 Å². The van der Waals surface area contributed by atoms with Crippen LogP contribution in [0.3, 0.4) is 0 Å². The van der Waals surface area contributed by atoms with Gasteiger partial charge in [0.05, 0.1) is 0 Å². The first-order valence-electron chi connectivity index (χ1n) is 12.8. The number of aromatic nitrogens is 1. The molecule has 0 bridgehead atoms. The molecule has 190 valence electrons. The van der Waals surface area contributed by atoms with Gasteiger partial charge < -0.3 is 0 Å². The number of hydrogen-bond acceptors (Lipinski definition) is 7. The zero-order valence-electron chi connectivity index (χ0n) is 21.1. The number of anilines is 2. The Hall–Kier alpha value is -5.69. The molecular formula is C33H21N5O2. The van der Waals surface area contributed by atoms with Crippen LogP contribution in [0.25, 0.3) is 22.3 Å². The summed E-state index contributed by atoms with van der Waals surface area (Å²) in [6.07, 6.45) is 0. The van der Waals surface area contributed by atoms with Gasteiger partial charge >= 0.3 is 0 Å². The summed E-state index contributed by atoms with van der Waals surface area (Å²) in [6, 6.07) is 35.8. The molecule has 0 atom stereocenters. The maximum Gasteiger partial charge on any atom is 0.214 e. The van der Waals surface area contributed by atoms with Crippen LogP contribution in [0, 0.1) is 0 Å². The highest BCUT2D eigenvalue weighted by Gasteiger charge is 2.29. The van der Waals surface area contributed by atoms with E-state index in [0.717, 1.165) is 33.4 Å². The van der Waals surface area contributed by atoms with E-state index >= 15 is 0 Å². The third-order valence-electron chi connectivity index (χ3n) is 7.03. The fourth-order valence-electron chi connectivity index (χ4n) is 5.19. The molecule has 0 saturated heterocycles. The Balaban J connectivity index is 1.18. The minimum absolute atomic E-state index is 0.155. The van der Waals surface area contributed by atoms with Gasteiger partial charge in [0.1, 0.15) is 23.1 Å². The van der Waals surface area contributed by atoms with Crippen LogP contribution in [-0.4, -0.2) is 28.0 Å². The van der Waals surface area contributed by atoms with E-state index in [-0.39, 0.29) is 11.6 Å². The standard InChI is InChI=1S/C33H21N5O2/c39-32-26-16-7-3-12-22(26)20-10-1-5-14-24(20)30(32)37-35-28-18-9-19-29(34-28)36-38-31-25-15-6-2-11-21(25)23-13-4-8-17-27(23)33(31)40/h1-19H,(H2,34,35,36). The molecule has 7 heteroatoms. The van der Waals surface area contributed by atoms with Crippen molar-refractivity contribution >= 4 is 34.6 Å². The number of pyridine rings is 1. The summed E-state index contributed by atoms with van der Waals surface area (Å²) < 4.78 is 0. The first kappa shape index (κ1) is 23.4. The molecule has 0 spiro atoms. The highest BCUT2D eigenvalue weighted by atomic mass is 16.1. The zero-order chi connectivity index (χ0) is 27.1. The molecule has 0 radical (unpaired) electrons. The molecule has 0 saturated carbocycles. The monoisotopic (exact) mass is 519 g/mol. The van der Waals surface area contributed by atoms with Crippen molar-refractivity contribution in [2.75, 3.05) is 10.9 Å². The van der Waals surface area contributed by atoms with Crippen LogP contribution < -0.4 is 10.9 Å². The van der Waals surface area contributed by atoms with Crippen molar-refractivity contribution in [1.82, 2.24) is 4.98 Å². The van der Waals surface area contributed by atoms with Crippen molar-refractivity contribution in [1.29, 1.82) is 0 Å². The quantitative estimate of drug-likeness (QED) is 0.266. The average molecular weight is 520 g/mol. The Morgan fingerprint density at radius 2 is 0.725 bits per heavy atom. The lowest BCUT2D eigenvalue weighted by Crippen LogP contribution is -2.23. The van der Waals surface area contributed by atoms with Gasteiger partial charge in [-0.3, -0.25) is 20.4 Å². The molecule has 4 aromatic carbocycles. The Labute approximate surface area is 229 Å². The van der Waals surface area contributed by atoms with E-state index in [1.165, 1.54) is 0 Å². The molecule has 40 heavy (non-hydrogen) atoms. The normalized spacial score (nSPS) is 15.2. The molecule has 2 N–H and O–H groups in total. The van der Waals surface area contributed by atoms with Gasteiger partial charge in [-0.15, -0.1) is 0 Å². The number of benzene rings is 4. The largest absolute Gasteiger partial charge is 0.287 e. The molecule has 7 rings (SSSR count). The van der Waals surface area contributed by atoms with Gasteiger partial charge in [0.15, 0.2) is 0 Å². The van der Waals surface area contributed by atoms with Crippen LogP contribution in [0.4, 0.5) is 11.6 Å². The Bertz CT molecular complexity index is 1770. The fraction of sp³-hybridized carbons (Fsp3) is 0. The van der Waals surface area contributed by atoms with Gasteiger partial charge in [-0.2, -0.15) is 10.2 Å². The molecule has 5 aromatic rings. The third-order valence-corrected chi connectivity index (χ3v) is 7.03. The molecule has 0 amide bonds. The Morgan fingerprint density at radius 3 is 1.12 bits per heavy atom. The van der Waals surface area contributed by atoms with Crippen LogP contribution in [0.1, 0.15) is 31.8 Å². The summed E-state index contributed by atoms with van der Waals surface area (Å²) in [7, 11) is 0. The number of Topliss-reactive ketones (excluding diaryl/α,β-unsaturated/α-hetero) is 2. The van der Waals surface area contributed by atoms with Gasteiger partial charge in [0.2, 0.25) is 11.6 Å². The van der Waals surface area contributed by atoms with Crippen molar-refractivity contribution < 1.29 is 9.59 Å². The lowest BCUT2D eigenvalue weighted by atomic mass is 9.83. The highest BCUT2D eigenvalue weighted by Crippen LogP contribution is 2.34. The predicted octanol–water partition coefficient (Wildman–Crippen LogP) is 6.44. The maximum absolute atomic E-state index is 13.3. The van der Waals surface area contributed by atoms with Gasteiger partial charge in [0, 0.05) is 22.3 Å². The predicted molar refractivity (Wildman–Crippen MR) is 157 cm³/mol. The van der Waals surface area contributed by atoms with Crippen LogP contribution in [-0.2, 0) is 0 Å². The van der Waals surface area contributed by atoms with Crippen molar-refractivity contribution in [2.45, 2.75) is 0 Å². The molecular weight excluding hydrogens is 498 g/mol. The van der Waals surface area contributed by atoms with Crippen molar-refractivity contribution in [3.63, 3.8) is 0 Å². The van der Waals surface area contributed by atoms with Crippen molar-refractivity contribution in [2.24, 2.45) is 10.2 Å². The molecule has 2 aliphatic rings. The number of ketones is 2. The first-order valence-corrected chi connectivity index (χ1v) is 12.8. The second kappa shape index (κ2) is 9.56. The van der Waals surface area contributed by atoms with Crippen LogP contribution in [0.2, 0.25) is 0 Å². The number of rotatable bonds is 4. The smallest absolute Gasteiger partial charge is 0.214 e. The minimum Gasteiger partial charge on any atom is -0.287 e.